The lowest BCUT2D eigenvalue weighted by molar-refractivity contribution is 0.103. The third kappa shape index (κ3) is 4.07. The van der Waals surface area contributed by atoms with Gasteiger partial charge < -0.3 is 14.8 Å². The summed E-state index contributed by atoms with van der Waals surface area (Å²) >= 11 is 0. The summed E-state index contributed by atoms with van der Waals surface area (Å²) < 4.78 is 6.07. The molecule has 0 bridgehead atoms. The molecular weight excluding hydrogens is 390 g/mol. The average Bonchev–Trinajstić information content (AvgIpc) is 3.25. The summed E-state index contributed by atoms with van der Waals surface area (Å²) in [6, 6.07) is 18.6. The lowest BCUT2D eigenvalue weighted by Crippen LogP contribution is -2.17. The van der Waals surface area contributed by atoms with E-state index in [0.29, 0.717) is 28.9 Å². The van der Waals surface area contributed by atoms with E-state index in [4.69, 9.17) is 4.74 Å². The average molecular weight is 413 g/mol. The first kappa shape index (κ1) is 19.5. The smallest absolute Gasteiger partial charge is 0.228 e. The van der Waals surface area contributed by atoms with Crippen LogP contribution in [0.25, 0.3) is 11.0 Å². The highest BCUT2D eigenvalue weighted by molar-refractivity contribution is 6.08. The minimum absolute atomic E-state index is 0.165. The number of carbonyl (C=O) groups is 1. The summed E-state index contributed by atoms with van der Waals surface area (Å²) in [5.74, 6) is 1.70. The number of hydrogen-bond acceptors (Lipinski definition) is 5. The van der Waals surface area contributed by atoms with Crippen LogP contribution in [0, 0.1) is 0 Å². The summed E-state index contributed by atoms with van der Waals surface area (Å²) in [5.41, 5.74) is 3.21. The van der Waals surface area contributed by atoms with Crippen LogP contribution in [0.5, 0.6) is 11.6 Å². The van der Waals surface area contributed by atoms with E-state index in [0.717, 1.165) is 42.3 Å². The van der Waals surface area contributed by atoms with E-state index in [1.54, 1.807) is 30.5 Å². The summed E-state index contributed by atoms with van der Waals surface area (Å²) in [6.07, 6.45) is 4.97. The Morgan fingerprint density at radius 2 is 1.74 bits per heavy atom. The standard InChI is InChI=1S/C25H23N3O3/c29-18-11-7-16(8-12-18)20-4-3-15-26-25(20)31-19-13-9-17(10-14-19)23(30)24-27-21-5-1-2-6-22(21)28-24/h1-6,9-10,13-16,18,29H,7-8,11-12H2,(H,27,28). The van der Waals surface area contributed by atoms with Gasteiger partial charge in [0.05, 0.1) is 17.1 Å². The van der Waals surface area contributed by atoms with Crippen LogP contribution in [0.1, 0.15) is 53.3 Å². The van der Waals surface area contributed by atoms with Gasteiger partial charge in [-0.05, 0) is 74.1 Å². The maximum Gasteiger partial charge on any atom is 0.228 e. The van der Waals surface area contributed by atoms with Crippen molar-refractivity contribution in [3.63, 3.8) is 0 Å². The van der Waals surface area contributed by atoms with Crippen molar-refractivity contribution in [1.29, 1.82) is 0 Å². The van der Waals surface area contributed by atoms with E-state index in [-0.39, 0.29) is 11.9 Å². The van der Waals surface area contributed by atoms with Gasteiger partial charge in [-0.25, -0.2) is 9.97 Å². The fourth-order valence-electron chi connectivity index (χ4n) is 4.17. The van der Waals surface area contributed by atoms with Crippen molar-refractivity contribution in [2.75, 3.05) is 0 Å². The molecule has 0 spiro atoms. The Hall–Kier alpha value is -3.51. The molecule has 2 N–H and O–H groups in total. The zero-order chi connectivity index (χ0) is 21.2. The van der Waals surface area contributed by atoms with Crippen molar-refractivity contribution in [2.24, 2.45) is 0 Å². The molecule has 2 aromatic heterocycles. The number of aromatic nitrogens is 3. The molecule has 1 aliphatic carbocycles. The Kier molecular flexibility index (Phi) is 5.22. The number of ether oxygens (including phenoxy) is 1. The van der Waals surface area contributed by atoms with Crippen molar-refractivity contribution >= 4 is 16.8 Å². The quantitative estimate of drug-likeness (QED) is 0.450. The number of nitrogens with one attached hydrogen (secondary N) is 1. The Balaban J connectivity index is 1.33. The molecule has 0 unspecified atom stereocenters. The minimum Gasteiger partial charge on any atom is -0.439 e. The van der Waals surface area contributed by atoms with E-state index in [1.165, 1.54) is 0 Å². The molecule has 6 nitrogen and oxygen atoms in total. The van der Waals surface area contributed by atoms with Gasteiger partial charge in [-0.1, -0.05) is 18.2 Å². The fraction of sp³-hybridized carbons (Fsp3) is 0.240. The van der Waals surface area contributed by atoms with E-state index in [2.05, 4.69) is 15.0 Å². The summed E-state index contributed by atoms with van der Waals surface area (Å²) in [6.45, 7) is 0. The molecule has 0 amide bonds. The number of nitrogens with zero attached hydrogens (tertiary/aromatic N) is 2. The molecule has 5 rings (SSSR count). The first-order valence-corrected chi connectivity index (χ1v) is 10.6. The normalized spacial score (nSPS) is 18.7. The Bertz CT molecular complexity index is 1180. The van der Waals surface area contributed by atoms with E-state index in [1.807, 2.05) is 36.4 Å². The number of para-hydroxylation sites is 2. The minimum atomic E-state index is -0.200. The van der Waals surface area contributed by atoms with Gasteiger partial charge in [-0.15, -0.1) is 0 Å². The Labute approximate surface area is 179 Å². The van der Waals surface area contributed by atoms with Gasteiger partial charge in [0, 0.05) is 17.3 Å². The summed E-state index contributed by atoms with van der Waals surface area (Å²) in [7, 11) is 0. The summed E-state index contributed by atoms with van der Waals surface area (Å²) in [4.78, 5) is 24.7. The second-order valence-electron chi connectivity index (χ2n) is 7.96. The van der Waals surface area contributed by atoms with E-state index >= 15 is 0 Å². The van der Waals surface area contributed by atoms with E-state index in [9.17, 15) is 9.90 Å². The van der Waals surface area contributed by atoms with Crippen LogP contribution in [-0.4, -0.2) is 31.9 Å². The van der Waals surface area contributed by atoms with Crippen molar-refractivity contribution in [2.45, 2.75) is 37.7 Å². The first-order chi connectivity index (χ1) is 15.2. The third-order valence-corrected chi connectivity index (χ3v) is 5.87. The van der Waals surface area contributed by atoms with Crippen molar-refractivity contribution in [3.05, 3.63) is 83.8 Å². The number of benzene rings is 2. The lowest BCUT2D eigenvalue weighted by Gasteiger charge is -2.26. The predicted octanol–water partition coefficient (Wildman–Crippen LogP) is 5.00. The number of aliphatic hydroxyl groups is 1. The second kappa shape index (κ2) is 8.32. The van der Waals surface area contributed by atoms with Crippen LogP contribution in [0.2, 0.25) is 0 Å². The maximum absolute atomic E-state index is 12.8. The maximum atomic E-state index is 12.8. The van der Waals surface area contributed by atoms with Crippen LogP contribution in [0.3, 0.4) is 0 Å². The summed E-state index contributed by atoms with van der Waals surface area (Å²) in [5, 5.41) is 9.79. The van der Waals surface area contributed by atoms with Gasteiger partial charge in [0.25, 0.3) is 0 Å². The predicted molar refractivity (Wildman–Crippen MR) is 117 cm³/mol. The van der Waals surface area contributed by atoms with Gasteiger partial charge in [0.1, 0.15) is 5.75 Å². The molecule has 4 aromatic rings. The van der Waals surface area contributed by atoms with Crippen molar-refractivity contribution in [1.82, 2.24) is 15.0 Å². The van der Waals surface area contributed by atoms with Gasteiger partial charge in [-0.3, -0.25) is 4.79 Å². The highest BCUT2D eigenvalue weighted by atomic mass is 16.5. The molecule has 0 radical (unpaired) electrons. The lowest BCUT2D eigenvalue weighted by atomic mass is 9.83. The zero-order valence-corrected chi connectivity index (χ0v) is 17.0. The fourth-order valence-corrected chi connectivity index (χ4v) is 4.17. The molecule has 2 heterocycles. The number of aromatic amines is 1. The van der Waals surface area contributed by atoms with Crippen molar-refractivity contribution in [3.8, 4) is 11.6 Å². The molecular formula is C25H23N3O3. The number of carbonyl (C=O) groups excluding carboxylic acids is 1. The van der Waals surface area contributed by atoms with Crippen LogP contribution in [0.4, 0.5) is 0 Å². The van der Waals surface area contributed by atoms with E-state index < -0.39 is 0 Å². The molecule has 6 heteroatoms. The van der Waals surface area contributed by atoms with Crippen molar-refractivity contribution < 1.29 is 14.6 Å². The van der Waals surface area contributed by atoms with Gasteiger partial charge in [-0.2, -0.15) is 0 Å². The molecule has 1 saturated carbocycles. The highest BCUT2D eigenvalue weighted by Crippen LogP contribution is 2.37. The Morgan fingerprint density at radius 3 is 2.52 bits per heavy atom. The van der Waals surface area contributed by atoms with Gasteiger partial charge in [0.15, 0.2) is 5.82 Å². The number of ketones is 1. The molecule has 31 heavy (non-hydrogen) atoms. The largest absolute Gasteiger partial charge is 0.439 e. The van der Waals surface area contributed by atoms with Crippen LogP contribution >= 0.6 is 0 Å². The number of hydrogen-bond donors (Lipinski definition) is 2. The molecule has 0 atom stereocenters. The molecule has 0 aliphatic heterocycles. The monoisotopic (exact) mass is 413 g/mol. The number of H-pyrrole nitrogens is 1. The first-order valence-electron chi connectivity index (χ1n) is 10.6. The SMILES string of the molecule is O=C(c1ccc(Oc2ncccc2C2CCC(O)CC2)cc1)c1nc2ccccc2[nH]1. The van der Waals surface area contributed by atoms with Crippen LogP contribution in [0.15, 0.2) is 66.9 Å². The number of pyridine rings is 1. The second-order valence-corrected chi connectivity index (χ2v) is 7.96. The number of aliphatic hydroxyl groups excluding tert-OH is 1. The molecule has 0 saturated heterocycles. The zero-order valence-electron chi connectivity index (χ0n) is 17.0. The molecule has 1 aliphatic rings. The number of imidazole rings is 1. The molecule has 156 valence electrons. The highest BCUT2D eigenvalue weighted by Gasteiger charge is 2.24. The van der Waals surface area contributed by atoms with Crippen LogP contribution in [-0.2, 0) is 0 Å². The van der Waals surface area contributed by atoms with Gasteiger partial charge in [0.2, 0.25) is 11.7 Å². The number of rotatable bonds is 5. The number of fused-ring (bicyclic) bond motifs is 1. The van der Waals surface area contributed by atoms with Crippen LogP contribution < -0.4 is 4.74 Å². The Morgan fingerprint density at radius 1 is 0.968 bits per heavy atom. The molecule has 1 fully saturated rings. The molecule has 2 aromatic carbocycles. The topological polar surface area (TPSA) is 88.1 Å². The third-order valence-electron chi connectivity index (χ3n) is 5.87. The van der Waals surface area contributed by atoms with Gasteiger partial charge >= 0.3 is 0 Å².